The molecule has 0 aliphatic rings. The monoisotopic (exact) mass is 659 g/mol. The van der Waals surface area contributed by atoms with Gasteiger partial charge in [-0.05, 0) is 61.9 Å². The summed E-state index contributed by atoms with van der Waals surface area (Å²) >= 11 is 9.13. The number of anilines is 1. The second kappa shape index (κ2) is 13.0. The fourth-order valence-corrected chi connectivity index (χ4v) is 5.97. The molecule has 0 aliphatic heterocycles. The summed E-state index contributed by atoms with van der Waals surface area (Å²) in [4.78, 5) is 27.4. The molecule has 40 heavy (non-hydrogen) atoms. The van der Waals surface area contributed by atoms with Crippen LogP contribution in [0.5, 0.6) is 0 Å². The molecule has 0 aromatic heterocycles. The molecular weight excluding hydrogens is 635 g/mol. The van der Waals surface area contributed by atoms with Crippen LogP contribution in [0.15, 0.2) is 82.2 Å². The third-order valence-corrected chi connectivity index (χ3v) is 8.52. The predicted molar refractivity (Wildman–Crippen MR) is 150 cm³/mol. The summed E-state index contributed by atoms with van der Waals surface area (Å²) < 4.78 is 69.7. The first-order valence-electron chi connectivity index (χ1n) is 12.0. The largest absolute Gasteiger partial charge is 0.417 e. The van der Waals surface area contributed by atoms with Crippen LogP contribution in [0.3, 0.4) is 0 Å². The quantitative estimate of drug-likeness (QED) is 0.295. The molecule has 3 aromatic rings. The number of carbonyl (C=O) groups excluding carboxylic acids is 2. The minimum atomic E-state index is -4.88. The Labute approximate surface area is 244 Å². The van der Waals surface area contributed by atoms with Crippen molar-refractivity contribution >= 4 is 55.1 Å². The molecule has 0 saturated carbocycles. The zero-order chi connectivity index (χ0) is 29.7. The van der Waals surface area contributed by atoms with Crippen molar-refractivity contribution in [2.75, 3.05) is 17.4 Å². The molecule has 0 bridgehead atoms. The van der Waals surface area contributed by atoms with Gasteiger partial charge in [-0.1, -0.05) is 57.9 Å². The number of sulfonamides is 1. The van der Waals surface area contributed by atoms with E-state index in [1.807, 2.05) is 0 Å². The molecule has 3 rings (SSSR count). The average Bonchev–Trinajstić information content (AvgIpc) is 2.90. The smallest absolute Gasteiger partial charge is 0.355 e. The van der Waals surface area contributed by atoms with Crippen molar-refractivity contribution in [1.82, 2.24) is 10.2 Å². The SMILES string of the molecule is CCNC(=O)[C@H](C)N(Cc1cccc(Br)c1)C(=O)CN(c1ccc(Cl)c(C(F)(F)F)c1)S(=O)(=O)c1ccccc1. The number of nitrogens with one attached hydrogen (secondary N) is 1. The van der Waals surface area contributed by atoms with Gasteiger partial charge in [0.25, 0.3) is 10.0 Å². The molecule has 0 spiro atoms. The van der Waals surface area contributed by atoms with E-state index in [1.165, 1.54) is 36.1 Å². The lowest BCUT2D eigenvalue weighted by atomic mass is 10.1. The van der Waals surface area contributed by atoms with Crippen molar-refractivity contribution in [3.8, 4) is 0 Å². The van der Waals surface area contributed by atoms with Crippen molar-refractivity contribution in [3.63, 3.8) is 0 Å². The minimum Gasteiger partial charge on any atom is -0.355 e. The Morgan fingerprint density at radius 2 is 1.70 bits per heavy atom. The molecule has 0 radical (unpaired) electrons. The van der Waals surface area contributed by atoms with E-state index in [4.69, 9.17) is 11.6 Å². The first kappa shape index (κ1) is 31.4. The van der Waals surface area contributed by atoms with Gasteiger partial charge in [-0.2, -0.15) is 13.2 Å². The van der Waals surface area contributed by atoms with Gasteiger partial charge in [-0.25, -0.2) is 8.42 Å². The second-order valence-corrected chi connectivity index (χ2v) is 11.9. The van der Waals surface area contributed by atoms with E-state index in [0.717, 1.165) is 16.6 Å². The molecule has 2 amide bonds. The van der Waals surface area contributed by atoms with Crippen molar-refractivity contribution < 1.29 is 31.2 Å². The third-order valence-electron chi connectivity index (χ3n) is 5.91. The fraction of sp³-hybridized carbons (Fsp3) is 0.259. The first-order chi connectivity index (χ1) is 18.8. The Balaban J connectivity index is 2.11. The summed E-state index contributed by atoms with van der Waals surface area (Å²) in [5.41, 5.74) is -1.03. The van der Waals surface area contributed by atoms with Crippen LogP contribution in [-0.4, -0.2) is 44.3 Å². The maximum Gasteiger partial charge on any atom is 0.417 e. The topological polar surface area (TPSA) is 86.8 Å². The standard InChI is InChI=1S/C27H26BrClF3N3O4S/c1-3-33-26(37)18(2)34(16-19-8-7-9-20(28)14-19)25(36)17-35(40(38,39)22-10-5-4-6-11-22)21-12-13-24(29)23(15-21)27(30,31)32/h4-15,18H,3,16-17H2,1-2H3,(H,33,37)/t18-/m0/s1. The Morgan fingerprint density at radius 3 is 2.30 bits per heavy atom. The normalized spacial score (nSPS) is 12.5. The molecule has 0 heterocycles. The van der Waals surface area contributed by atoms with Crippen LogP contribution in [0.2, 0.25) is 5.02 Å². The number of halogens is 5. The second-order valence-electron chi connectivity index (χ2n) is 8.71. The highest BCUT2D eigenvalue weighted by Gasteiger charge is 2.36. The minimum absolute atomic E-state index is 0.0653. The lowest BCUT2D eigenvalue weighted by Gasteiger charge is -2.32. The number of likely N-dealkylation sites (N-methyl/N-ethyl adjacent to an activating group) is 1. The fourth-order valence-electron chi connectivity index (χ4n) is 3.87. The Bertz CT molecular complexity index is 1470. The molecule has 214 valence electrons. The maximum atomic E-state index is 13.8. The molecule has 7 nitrogen and oxygen atoms in total. The zero-order valence-corrected chi connectivity index (χ0v) is 24.6. The van der Waals surface area contributed by atoms with Crippen LogP contribution in [0.1, 0.15) is 25.0 Å². The van der Waals surface area contributed by atoms with Gasteiger partial charge in [0, 0.05) is 17.6 Å². The number of amides is 2. The number of rotatable bonds is 10. The Hall–Kier alpha value is -3.09. The van der Waals surface area contributed by atoms with E-state index in [1.54, 1.807) is 37.3 Å². The highest BCUT2D eigenvalue weighted by molar-refractivity contribution is 9.10. The summed E-state index contributed by atoms with van der Waals surface area (Å²) in [6.07, 6.45) is -4.88. The summed E-state index contributed by atoms with van der Waals surface area (Å²) in [6, 6.07) is 15.6. The van der Waals surface area contributed by atoms with Gasteiger partial charge in [0.1, 0.15) is 12.6 Å². The molecule has 0 fully saturated rings. The number of hydrogen-bond donors (Lipinski definition) is 1. The molecule has 13 heteroatoms. The zero-order valence-electron chi connectivity index (χ0n) is 21.5. The molecule has 1 N–H and O–H groups in total. The van der Waals surface area contributed by atoms with Gasteiger partial charge in [-0.15, -0.1) is 0 Å². The van der Waals surface area contributed by atoms with Crippen molar-refractivity contribution in [2.24, 2.45) is 0 Å². The number of hydrogen-bond acceptors (Lipinski definition) is 4. The summed E-state index contributed by atoms with van der Waals surface area (Å²) in [5.74, 6) is -1.28. The van der Waals surface area contributed by atoms with E-state index >= 15 is 0 Å². The highest BCUT2D eigenvalue weighted by atomic mass is 79.9. The lowest BCUT2D eigenvalue weighted by molar-refractivity contribution is -0.139. The van der Waals surface area contributed by atoms with Crippen LogP contribution in [0.4, 0.5) is 18.9 Å². The summed E-state index contributed by atoms with van der Waals surface area (Å²) in [7, 11) is -4.53. The van der Waals surface area contributed by atoms with E-state index in [0.29, 0.717) is 22.5 Å². The van der Waals surface area contributed by atoms with E-state index < -0.39 is 56.9 Å². The summed E-state index contributed by atoms with van der Waals surface area (Å²) in [6.45, 7) is 2.54. The van der Waals surface area contributed by atoms with Gasteiger partial charge >= 0.3 is 6.18 Å². The van der Waals surface area contributed by atoms with Gasteiger partial charge < -0.3 is 10.2 Å². The van der Waals surface area contributed by atoms with Crippen LogP contribution < -0.4 is 9.62 Å². The van der Waals surface area contributed by atoms with Gasteiger partial charge in [0.2, 0.25) is 11.8 Å². The molecule has 0 saturated heterocycles. The van der Waals surface area contributed by atoms with Crippen molar-refractivity contribution in [1.29, 1.82) is 0 Å². The van der Waals surface area contributed by atoms with Crippen molar-refractivity contribution in [3.05, 3.63) is 93.4 Å². The van der Waals surface area contributed by atoms with Gasteiger partial charge in [-0.3, -0.25) is 13.9 Å². The average molecular weight is 661 g/mol. The van der Waals surface area contributed by atoms with E-state index in [2.05, 4.69) is 21.2 Å². The molecular formula is C27H26BrClF3N3O4S. The van der Waals surface area contributed by atoms with E-state index in [9.17, 15) is 31.2 Å². The molecule has 1 atom stereocenters. The van der Waals surface area contributed by atoms with Crippen molar-refractivity contribution in [2.45, 2.75) is 37.5 Å². The molecule has 3 aromatic carbocycles. The first-order valence-corrected chi connectivity index (χ1v) is 14.6. The van der Waals surface area contributed by atoms with E-state index in [-0.39, 0.29) is 11.4 Å². The third kappa shape index (κ3) is 7.55. The summed E-state index contributed by atoms with van der Waals surface area (Å²) in [5, 5.41) is 2.01. The number of alkyl halides is 3. The molecule has 0 unspecified atom stereocenters. The Morgan fingerprint density at radius 1 is 1.02 bits per heavy atom. The van der Waals surface area contributed by atoms with Crippen LogP contribution >= 0.6 is 27.5 Å². The number of benzene rings is 3. The number of nitrogens with zero attached hydrogens (tertiary/aromatic N) is 2. The van der Waals surface area contributed by atoms with Gasteiger partial charge in [0.15, 0.2) is 0 Å². The van der Waals surface area contributed by atoms with Gasteiger partial charge in [0.05, 0.1) is 21.2 Å². The molecule has 0 aliphatic carbocycles. The highest BCUT2D eigenvalue weighted by Crippen LogP contribution is 2.38. The van der Waals surface area contributed by atoms with Crippen LogP contribution in [-0.2, 0) is 32.3 Å². The lowest BCUT2D eigenvalue weighted by Crippen LogP contribution is -2.51. The van der Waals surface area contributed by atoms with Crippen LogP contribution in [0.25, 0.3) is 0 Å². The Kier molecular flexibility index (Phi) is 10.3. The number of carbonyl (C=O) groups is 2. The maximum absolute atomic E-state index is 13.8. The predicted octanol–water partition coefficient (Wildman–Crippen LogP) is 5.87. The van der Waals surface area contributed by atoms with Crippen LogP contribution in [0, 0.1) is 0 Å².